The fourth-order valence-corrected chi connectivity index (χ4v) is 2.27. The Morgan fingerprint density at radius 1 is 1.20 bits per heavy atom. The maximum absolute atomic E-state index is 12.4. The molecule has 0 unspecified atom stereocenters. The molecule has 1 aliphatic heterocycles. The van der Waals surface area contributed by atoms with Crippen LogP contribution in [0.25, 0.3) is 0 Å². The lowest BCUT2D eigenvalue weighted by Crippen LogP contribution is -2.51. The molecule has 0 bridgehead atoms. The van der Waals surface area contributed by atoms with E-state index in [-0.39, 0.29) is 18.3 Å². The molecule has 0 radical (unpaired) electrons. The second kappa shape index (κ2) is 7.47. The van der Waals surface area contributed by atoms with Crippen LogP contribution in [-0.4, -0.2) is 38.8 Å². The standard InChI is InChI=1S/C14H20N2O3.ClH/c1-18-12-5-3-11(4-6-12)16-13(17)14(19-2)7-9-15-10-8-14;/h3-6,15H,7-10H2,1-2H3,(H,16,17);1H. The molecule has 0 aromatic heterocycles. The Kier molecular flexibility index (Phi) is 6.26. The van der Waals surface area contributed by atoms with Crippen molar-refractivity contribution in [1.29, 1.82) is 0 Å². The lowest BCUT2D eigenvalue weighted by atomic mass is 9.91. The Morgan fingerprint density at radius 3 is 2.30 bits per heavy atom. The van der Waals surface area contributed by atoms with Crippen LogP contribution in [0.4, 0.5) is 5.69 Å². The van der Waals surface area contributed by atoms with E-state index in [4.69, 9.17) is 9.47 Å². The topological polar surface area (TPSA) is 59.6 Å². The zero-order valence-electron chi connectivity index (χ0n) is 11.8. The predicted molar refractivity (Wildman–Crippen MR) is 80.7 cm³/mol. The number of ether oxygens (including phenoxy) is 2. The molecule has 1 fully saturated rings. The fraction of sp³-hybridized carbons (Fsp3) is 0.500. The van der Waals surface area contributed by atoms with Gasteiger partial charge in [0.05, 0.1) is 7.11 Å². The van der Waals surface area contributed by atoms with E-state index >= 15 is 0 Å². The summed E-state index contributed by atoms with van der Waals surface area (Å²) in [4.78, 5) is 12.4. The Balaban J connectivity index is 0.00000200. The summed E-state index contributed by atoms with van der Waals surface area (Å²) in [5.74, 6) is 0.683. The molecule has 1 amide bonds. The summed E-state index contributed by atoms with van der Waals surface area (Å²) >= 11 is 0. The molecule has 1 heterocycles. The van der Waals surface area contributed by atoms with Gasteiger partial charge in [0.25, 0.3) is 5.91 Å². The van der Waals surface area contributed by atoms with Gasteiger partial charge < -0.3 is 20.1 Å². The normalized spacial score (nSPS) is 16.9. The maximum Gasteiger partial charge on any atom is 0.256 e. The predicted octanol–water partition coefficient (Wildman–Crippen LogP) is 1.82. The van der Waals surface area contributed by atoms with Gasteiger partial charge in [0.2, 0.25) is 0 Å². The number of hydrogen-bond donors (Lipinski definition) is 2. The molecule has 1 aliphatic rings. The summed E-state index contributed by atoms with van der Waals surface area (Å²) in [5.41, 5.74) is 0.0336. The van der Waals surface area contributed by atoms with Gasteiger partial charge in [-0.15, -0.1) is 12.4 Å². The quantitative estimate of drug-likeness (QED) is 0.890. The largest absolute Gasteiger partial charge is 0.497 e. The van der Waals surface area contributed by atoms with Gasteiger partial charge in [0, 0.05) is 12.8 Å². The highest BCUT2D eigenvalue weighted by atomic mass is 35.5. The number of hydrogen-bond acceptors (Lipinski definition) is 4. The van der Waals surface area contributed by atoms with Gasteiger partial charge in [-0.25, -0.2) is 0 Å². The zero-order valence-corrected chi connectivity index (χ0v) is 12.6. The lowest BCUT2D eigenvalue weighted by molar-refractivity contribution is -0.140. The number of methoxy groups -OCH3 is 2. The summed E-state index contributed by atoms with van der Waals surface area (Å²) in [6.07, 6.45) is 1.37. The number of benzene rings is 1. The number of nitrogens with one attached hydrogen (secondary N) is 2. The highest BCUT2D eigenvalue weighted by Crippen LogP contribution is 2.25. The van der Waals surface area contributed by atoms with Crippen molar-refractivity contribution in [2.45, 2.75) is 18.4 Å². The molecular formula is C14H21ClN2O3. The smallest absolute Gasteiger partial charge is 0.256 e. The molecule has 0 aliphatic carbocycles. The fourth-order valence-electron chi connectivity index (χ4n) is 2.27. The summed E-state index contributed by atoms with van der Waals surface area (Å²) in [7, 11) is 3.21. The van der Waals surface area contributed by atoms with E-state index in [1.54, 1.807) is 14.2 Å². The van der Waals surface area contributed by atoms with Gasteiger partial charge in [-0.05, 0) is 50.2 Å². The van der Waals surface area contributed by atoms with Crippen LogP contribution in [0.5, 0.6) is 5.75 Å². The lowest BCUT2D eigenvalue weighted by Gasteiger charge is -2.34. The minimum absolute atomic E-state index is 0. The van der Waals surface area contributed by atoms with Gasteiger partial charge in [0.15, 0.2) is 0 Å². The van der Waals surface area contributed by atoms with E-state index in [0.29, 0.717) is 12.8 Å². The molecule has 1 saturated heterocycles. The van der Waals surface area contributed by atoms with Crippen LogP contribution in [0.3, 0.4) is 0 Å². The Hall–Kier alpha value is -1.30. The van der Waals surface area contributed by atoms with Crippen LogP contribution < -0.4 is 15.4 Å². The van der Waals surface area contributed by atoms with Crippen LogP contribution >= 0.6 is 12.4 Å². The van der Waals surface area contributed by atoms with E-state index in [1.165, 1.54) is 0 Å². The summed E-state index contributed by atoms with van der Waals surface area (Å²) in [6.45, 7) is 1.59. The average Bonchev–Trinajstić information content (AvgIpc) is 2.48. The first kappa shape index (κ1) is 16.8. The van der Waals surface area contributed by atoms with Gasteiger partial charge in [-0.3, -0.25) is 4.79 Å². The second-order valence-electron chi connectivity index (χ2n) is 4.63. The van der Waals surface area contributed by atoms with Crippen LogP contribution in [0, 0.1) is 0 Å². The average molecular weight is 301 g/mol. The highest BCUT2D eigenvalue weighted by Gasteiger charge is 2.39. The monoisotopic (exact) mass is 300 g/mol. The van der Waals surface area contributed by atoms with Crippen molar-refractivity contribution >= 4 is 24.0 Å². The number of amides is 1. The second-order valence-corrected chi connectivity index (χ2v) is 4.63. The van der Waals surface area contributed by atoms with Crippen LogP contribution in [0.1, 0.15) is 12.8 Å². The van der Waals surface area contributed by atoms with Crippen molar-refractivity contribution in [2.75, 3.05) is 32.6 Å². The molecule has 0 spiro atoms. The van der Waals surface area contributed by atoms with E-state index in [9.17, 15) is 4.79 Å². The number of piperidine rings is 1. The number of halogens is 1. The van der Waals surface area contributed by atoms with Crippen molar-refractivity contribution in [3.63, 3.8) is 0 Å². The van der Waals surface area contributed by atoms with Crippen molar-refractivity contribution in [2.24, 2.45) is 0 Å². The van der Waals surface area contributed by atoms with E-state index in [2.05, 4.69) is 10.6 Å². The van der Waals surface area contributed by atoms with Crippen LogP contribution in [-0.2, 0) is 9.53 Å². The van der Waals surface area contributed by atoms with Crippen LogP contribution in [0.15, 0.2) is 24.3 Å². The van der Waals surface area contributed by atoms with Crippen molar-refractivity contribution in [3.8, 4) is 5.75 Å². The van der Waals surface area contributed by atoms with Crippen molar-refractivity contribution < 1.29 is 14.3 Å². The Labute approximate surface area is 125 Å². The van der Waals surface area contributed by atoms with E-state index in [0.717, 1.165) is 24.5 Å². The first-order valence-electron chi connectivity index (χ1n) is 6.41. The van der Waals surface area contributed by atoms with Gasteiger partial charge in [-0.2, -0.15) is 0 Å². The highest BCUT2D eigenvalue weighted by molar-refractivity contribution is 5.97. The van der Waals surface area contributed by atoms with E-state index < -0.39 is 5.60 Å². The molecule has 1 aromatic carbocycles. The molecule has 0 atom stereocenters. The molecule has 2 N–H and O–H groups in total. The minimum atomic E-state index is -0.717. The van der Waals surface area contributed by atoms with Crippen molar-refractivity contribution in [3.05, 3.63) is 24.3 Å². The van der Waals surface area contributed by atoms with Gasteiger partial charge >= 0.3 is 0 Å². The third-order valence-electron chi connectivity index (χ3n) is 3.56. The molecule has 20 heavy (non-hydrogen) atoms. The summed E-state index contributed by atoms with van der Waals surface area (Å²) in [5, 5.41) is 6.14. The van der Waals surface area contributed by atoms with Crippen LogP contribution in [0.2, 0.25) is 0 Å². The molecule has 1 aromatic rings. The number of anilines is 1. The first-order chi connectivity index (χ1) is 9.20. The molecule has 0 saturated carbocycles. The first-order valence-corrected chi connectivity index (χ1v) is 6.41. The third-order valence-corrected chi connectivity index (χ3v) is 3.56. The molecule has 112 valence electrons. The summed E-state index contributed by atoms with van der Waals surface area (Å²) < 4.78 is 10.6. The Morgan fingerprint density at radius 2 is 1.80 bits per heavy atom. The number of carbonyl (C=O) groups is 1. The molecule has 5 nitrogen and oxygen atoms in total. The zero-order chi connectivity index (χ0) is 13.7. The molecular weight excluding hydrogens is 280 g/mol. The minimum Gasteiger partial charge on any atom is -0.497 e. The van der Waals surface area contributed by atoms with E-state index in [1.807, 2.05) is 24.3 Å². The molecule has 2 rings (SSSR count). The van der Waals surface area contributed by atoms with Gasteiger partial charge in [0.1, 0.15) is 11.4 Å². The SMILES string of the molecule is COc1ccc(NC(=O)C2(OC)CCNCC2)cc1.Cl. The molecule has 6 heteroatoms. The number of rotatable bonds is 4. The number of carbonyl (C=O) groups excluding carboxylic acids is 1. The maximum atomic E-state index is 12.4. The third kappa shape index (κ3) is 3.62. The van der Waals surface area contributed by atoms with Gasteiger partial charge in [-0.1, -0.05) is 0 Å². The van der Waals surface area contributed by atoms with Crippen molar-refractivity contribution in [1.82, 2.24) is 5.32 Å². The summed E-state index contributed by atoms with van der Waals surface area (Å²) in [6, 6.07) is 7.28. The Bertz CT molecular complexity index is 431.